The third kappa shape index (κ3) is 4.20. The van der Waals surface area contributed by atoms with Gasteiger partial charge in [-0.2, -0.15) is 4.98 Å². The summed E-state index contributed by atoms with van der Waals surface area (Å²) in [6.45, 7) is 1.82. The molecule has 34 heavy (non-hydrogen) atoms. The summed E-state index contributed by atoms with van der Waals surface area (Å²) in [6.07, 6.45) is 2.48. The van der Waals surface area contributed by atoms with Crippen molar-refractivity contribution >= 4 is 28.8 Å². The first-order valence-corrected chi connectivity index (χ1v) is 11.0. The monoisotopic (exact) mass is 474 g/mol. The lowest BCUT2D eigenvalue weighted by Gasteiger charge is -2.05. The van der Waals surface area contributed by atoms with E-state index in [1.807, 2.05) is 24.3 Å². The van der Waals surface area contributed by atoms with Crippen molar-refractivity contribution in [3.8, 4) is 22.8 Å². The molecule has 0 aliphatic heterocycles. The summed E-state index contributed by atoms with van der Waals surface area (Å²) < 4.78 is 7.87. The lowest BCUT2D eigenvalue weighted by atomic mass is 10.1. The van der Waals surface area contributed by atoms with E-state index >= 15 is 0 Å². The Morgan fingerprint density at radius 2 is 1.85 bits per heavy atom. The third-order valence-electron chi connectivity index (χ3n) is 5.31. The van der Waals surface area contributed by atoms with Crippen LogP contribution in [0.2, 0.25) is 5.02 Å². The highest BCUT2D eigenvalue weighted by atomic mass is 35.5. The van der Waals surface area contributed by atoms with Crippen molar-refractivity contribution in [2.24, 2.45) is 0 Å². The highest BCUT2D eigenvalue weighted by Crippen LogP contribution is 2.25. The van der Waals surface area contributed by atoms with E-state index in [0.29, 0.717) is 27.7 Å². The number of nitrogens with one attached hydrogen (secondary N) is 1. The number of fused-ring (bicyclic) bond motifs is 1. The fourth-order valence-corrected chi connectivity index (χ4v) is 3.64. The van der Waals surface area contributed by atoms with Gasteiger partial charge in [-0.15, -0.1) is 5.10 Å². The topological polar surface area (TPSA) is 107 Å². The lowest BCUT2D eigenvalue weighted by molar-refractivity contribution is -0.117. The molecule has 3 heterocycles. The van der Waals surface area contributed by atoms with Gasteiger partial charge in [-0.3, -0.25) is 4.79 Å². The van der Waals surface area contributed by atoms with Crippen LogP contribution in [0.5, 0.6) is 0 Å². The molecule has 0 spiro atoms. The molecule has 0 atom stereocenters. The van der Waals surface area contributed by atoms with E-state index in [-0.39, 0.29) is 18.3 Å². The maximum atomic E-state index is 12.8. The molecule has 10 heteroatoms. The molecule has 1 N–H and O–H groups in total. The number of carbonyl (C=O) groups excluding carboxylic acids is 1. The van der Waals surface area contributed by atoms with Crippen molar-refractivity contribution in [3.05, 3.63) is 87.9 Å². The van der Waals surface area contributed by atoms with E-state index in [2.05, 4.69) is 27.5 Å². The van der Waals surface area contributed by atoms with Gasteiger partial charge >= 0.3 is 5.69 Å². The molecule has 0 bridgehead atoms. The van der Waals surface area contributed by atoms with Crippen LogP contribution in [-0.2, 0) is 17.8 Å². The first-order valence-electron chi connectivity index (χ1n) is 10.6. The summed E-state index contributed by atoms with van der Waals surface area (Å²) in [5.41, 5.74) is 2.88. The van der Waals surface area contributed by atoms with Crippen LogP contribution in [-0.4, -0.2) is 30.2 Å². The van der Waals surface area contributed by atoms with Crippen LogP contribution in [0.4, 0.5) is 5.69 Å². The normalized spacial score (nSPS) is 11.1. The number of pyridine rings is 1. The molecule has 3 aromatic heterocycles. The van der Waals surface area contributed by atoms with Gasteiger partial charge in [0.15, 0.2) is 5.65 Å². The number of aryl methyl sites for hydroxylation is 1. The molecule has 0 aliphatic rings. The number of rotatable bonds is 6. The Labute approximate surface area is 198 Å². The summed E-state index contributed by atoms with van der Waals surface area (Å²) in [7, 11) is 0. The Bertz CT molecular complexity index is 1530. The lowest BCUT2D eigenvalue weighted by Crippen LogP contribution is -2.28. The quantitative estimate of drug-likeness (QED) is 0.397. The summed E-state index contributed by atoms with van der Waals surface area (Å²) in [5, 5.41) is 11.8. The zero-order valence-corrected chi connectivity index (χ0v) is 18.9. The number of nitrogens with zero attached hydrogens (tertiary/aromatic N) is 5. The van der Waals surface area contributed by atoms with Crippen molar-refractivity contribution < 1.29 is 9.32 Å². The van der Waals surface area contributed by atoms with E-state index < -0.39 is 5.69 Å². The Kier molecular flexibility index (Phi) is 5.69. The molecule has 9 nitrogen and oxygen atoms in total. The molecule has 0 unspecified atom stereocenters. The maximum absolute atomic E-state index is 12.8. The van der Waals surface area contributed by atoms with Gasteiger partial charge in [-0.05, 0) is 60.5 Å². The average molecular weight is 475 g/mol. The van der Waals surface area contributed by atoms with Crippen LogP contribution < -0.4 is 11.0 Å². The van der Waals surface area contributed by atoms with E-state index in [0.717, 1.165) is 16.7 Å². The number of hydrogen-bond acceptors (Lipinski definition) is 6. The van der Waals surface area contributed by atoms with E-state index in [1.54, 1.807) is 42.6 Å². The minimum Gasteiger partial charge on any atom is -0.333 e. The van der Waals surface area contributed by atoms with Crippen LogP contribution in [0.1, 0.15) is 12.5 Å². The van der Waals surface area contributed by atoms with E-state index in [4.69, 9.17) is 16.1 Å². The zero-order chi connectivity index (χ0) is 23.7. The summed E-state index contributed by atoms with van der Waals surface area (Å²) in [6, 6.07) is 18.0. The first kappa shape index (κ1) is 21.6. The second-order valence-corrected chi connectivity index (χ2v) is 8.02. The smallest absolute Gasteiger partial charge is 0.333 e. The molecular weight excluding hydrogens is 456 g/mol. The van der Waals surface area contributed by atoms with Gasteiger partial charge in [-0.25, -0.2) is 13.9 Å². The Morgan fingerprint density at radius 3 is 2.59 bits per heavy atom. The number of amides is 1. The Hall–Kier alpha value is -4.24. The minimum atomic E-state index is -0.453. The first-order chi connectivity index (χ1) is 16.5. The minimum absolute atomic E-state index is 0.202. The summed E-state index contributed by atoms with van der Waals surface area (Å²) in [4.78, 5) is 29.8. The van der Waals surface area contributed by atoms with Gasteiger partial charge in [0.1, 0.15) is 6.54 Å². The van der Waals surface area contributed by atoms with E-state index in [9.17, 15) is 9.59 Å². The van der Waals surface area contributed by atoms with Crippen LogP contribution in [0.3, 0.4) is 0 Å². The second kappa shape index (κ2) is 8.95. The van der Waals surface area contributed by atoms with Crippen LogP contribution in [0.15, 0.2) is 76.2 Å². The molecule has 0 saturated carbocycles. The predicted octanol–water partition coefficient (Wildman–Crippen LogP) is 4.07. The fourth-order valence-electron chi connectivity index (χ4n) is 3.52. The number of hydrogen-bond donors (Lipinski definition) is 1. The third-order valence-corrected chi connectivity index (χ3v) is 5.56. The maximum Gasteiger partial charge on any atom is 0.350 e. The molecular formula is C24H19ClN6O3. The molecule has 0 saturated heterocycles. The highest BCUT2D eigenvalue weighted by molar-refractivity contribution is 6.30. The Balaban J connectivity index is 1.42. The van der Waals surface area contributed by atoms with Crippen molar-refractivity contribution in [1.82, 2.24) is 24.3 Å². The van der Waals surface area contributed by atoms with Crippen molar-refractivity contribution in [2.75, 3.05) is 5.32 Å². The number of anilines is 1. The standard InChI is InChI=1S/C24H19ClN6O3/c1-2-15-5-11-18(12-6-15)26-20(32)14-31-24(33)30-13-3-4-19(22(30)28-31)23-27-21(29-34-23)16-7-9-17(25)10-8-16/h3-13H,2,14H2,1H3,(H,26,32). The Morgan fingerprint density at radius 1 is 1.09 bits per heavy atom. The van der Waals surface area contributed by atoms with E-state index in [1.165, 1.54) is 9.96 Å². The van der Waals surface area contributed by atoms with Gasteiger partial charge in [0.2, 0.25) is 11.7 Å². The molecule has 170 valence electrons. The summed E-state index contributed by atoms with van der Waals surface area (Å²) in [5.74, 6) is 0.219. The molecule has 2 aromatic carbocycles. The largest absolute Gasteiger partial charge is 0.350 e. The van der Waals surface area contributed by atoms with Crippen LogP contribution in [0, 0.1) is 0 Å². The average Bonchev–Trinajstić information content (AvgIpc) is 3.45. The van der Waals surface area contributed by atoms with Crippen molar-refractivity contribution in [2.45, 2.75) is 19.9 Å². The zero-order valence-electron chi connectivity index (χ0n) is 18.1. The molecule has 0 radical (unpaired) electrons. The fraction of sp³-hybridized carbons (Fsp3) is 0.125. The van der Waals surface area contributed by atoms with Crippen LogP contribution >= 0.6 is 11.6 Å². The van der Waals surface area contributed by atoms with Crippen LogP contribution in [0.25, 0.3) is 28.5 Å². The second-order valence-electron chi connectivity index (χ2n) is 7.58. The predicted molar refractivity (Wildman–Crippen MR) is 128 cm³/mol. The molecule has 1 amide bonds. The molecule has 5 rings (SSSR count). The molecule has 0 fully saturated rings. The number of aromatic nitrogens is 5. The summed E-state index contributed by atoms with van der Waals surface area (Å²) >= 11 is 5.94. The number of halogens is 1. The van der Waals surface area contributed by atoms with Gasteiger partial charge in [0.25, 0.3) is 5.89 Å². The van der Waals surface area contributed by atoms with Crippen molar-refractivity contribution in [3.63, 3.8) is 0 Å². The van der Waals surface area contributed by atoms with Gasteiger partial charge < -0.3 is 9.84 Å². The highest BCUT2D eigenvalue weighted by Gasteiger charge is 2.18. The SMILES string of the molecule is CCc1ccc(NC(=O)Cn2nc3c(-c4nc(-c5ccc(Cl)cc5)no4)cccn3c2=O)cc1. The molecule has 5 aromatic rings. The molecule has 0 aliphatic carbocycles. The number of benzene rings is 2. The van der Waals surface area contributed by atoms with Gasteiger partial charge in [0.05, 0.1) is 5.56 Å². The number of carbonyl (C=O) groups is 1. The van der Waals surface area contributed by atoms with Gasteiger partial charge in [-0.1, -0.05) is 35.8 Å². The van der Waals surface area contributed by atoms with Gasteiger partial charge in [0, 0.05) is 22.5 Å². The van der Waals surface area contributed by atoms with Crippen molar-refractivity contribution in [1.29, 1.82) is 0 Å².